The average Bonchev–Trinajstić information content (AvgIpc) is 2.65. The Kier molecular flexibility index (Phi) is 5.83. The van der Waals surface area contributed by atoms with E-state index in [-0.39, 0.29) is 5.41 Å². The molecule has 0 aromatic carbocycles. The Hall–Kier alpha value is -0.580. The monoisotopic (exact) mass is 286 g/mol. The Morgan fingerprint density at radius 2 is 2.00 bits per heavy atom. The van der Waals surface area contributed by atoms with E-state index in [0.717, 1.165) is 42.6 Å². The Bertz CT molecular complexity index is 412. The normalized spacial score (nSPS) is 12.4. The second-order valence-electron chi connectivity index (χ2n) is 5.83. The molecule has 0 atom stereocenters. The molecule has 0 aliphatic heterocycles. The molecule has 0 radical (unpaired) electrons. The maximum absolute atomic E-state index is 6.36. The highest BCUT2D eigenvalue weighted by atomic mass is 35.5. The van der Waals surface area contributed by atoms with Gasteiger partial charge < -0.3 is 5.73 Å². The van der Waals surface area contributed by atoms with Crippen molar-refractivity contribution >= 4 is 11.6 Å². The molecule has 0 aliphatic carbocycles. The third-order valence-electron chi connectivity index (χ3n) is 3.48. The molecule has 110 valence electrons. The lowest BCUT2D eigenvalue weighted by Crippen LogP contribution is -2.38. The van der Waals surface area contributed by atoms with E-state index in [2.05, 4.69) is 37.7 Å². The van der Waals surface area contributed by atoms with Gasteiger partial charge in [0, 0.05) is 19.6 Å². The van der Waals surface area contributed by atoms with Gasteiger partial charge in [0.15, 0.2) is 0 Å². The zero-order valence-corrected chi connectivity index (χ0v) is 13.6. The van der Waals surface area contributed by atoms with E-state index >= 15 is 0 Å². The zero-order chi connectivity index (χ0) is 14.6. The van der Waals surface area contributed by atoms with Crippen LogP contribution in [0.5, 0.6) is 0 Å². The summed E-state index contributed by atoms with van der Waals surface area (Å²) in [7, 11) is 0. The van der Waals surface area contributed by atoms with Crippen LogP contribution in [-0.2, 0) is 13.1 Å². The molecule has 0 bridgehead atoms. The lowest BCUT2D eigenvalue weighted by Gasteiger charge is -2.31. The van der Waals surface area contributed by atoms with Crippen LogP contribution >= 0.6 is 11.6 Å². The van der Waals surface area contributed by atoms with Crippen LogP contribution in [0.2, 0.25) is 5.02 Å². The van der Waals surface area contributed by atoms with Gasteiger partial charge in [-0.05, 0) is 32.4 Å². The number of aromatic nitrogens is 2. The summed E-state index contributed by atoms with van der Waals surface area (Å²) in [6, 6.07) is 0. The summed E-state index contributed by atoms with van der Waals surface area (Å²) in [6.07, 6.45) is 0. The van der Waals surface area contributed by atoms with Crippen LogP contribution in [-0.4, -0.2) is 34.3 Å². The molecule has 1 aromatic rings. The molecular formula is C14H27ClN4. The minimum atomic E-state index is 0.120. The molecule has 5 heteroatoms. The van der Waals surface area contributed by atoms with Gasteiger partial charge in [0.25, 0.3) is 0 Å². The van der Waals surface area contributed by atoms with Gasteiger partial charge in [-0.1, -0.05) is 32.4 Å². The van der Waals surface area contributed by atoms with Crippen molar-refractivity contribution in [2.24, 2.45) is 11.1 Å². The molecule has 19 heavy (non-hydrogen) atoms. The van der Waals surface area contributed by atoms with Crippen LogP contribution in [0.25, 0.3) is 0 Å². The van der Waals surface area contributed by atoms with Gasteiger partial charge in [-0.15, -0.1) is 0 Å². The van der Waals surface area contributed by atoms with Crippen molar-refractivity contribution in [1.82, 2.24) is 14.7 Å². The van der Waals surface area contributed by atoms with Gasteiger partial charge in [-0.3, -0.25) is 9.58 Å². The second-order valence-corrected chi connectivity index (χ2v) is 6.21. The molecule has 1 rings (SSSR count). The number of nitrogens with two attached hydrogens (primary N) is 1. The second kappa shape index (κ2) is 6.73. The standard InChI is InChI=1S/C14H27ClN4/c1-6-18(10-14(4,5)9-16)8-12-13(15)11(3)17-19(12)7-2/h6-10,16H2,1-5H3. The fraction of sp³-hybridized carbons (Fsp3) is 0.786. The van der Waals surface area contributed by atoms with Crippen molar-refractivity contribution < 1.29 is 0 Å². The Balaban J connectivity index is 2.87. The van der Waals surface area contributed by atoms with Gasteiger partial charge in [-0.2, -0.15) is 5.10 Å². The van der Waals surface area contributed by atoms with Crippen LogP contribution < -0.4 is 5.73 Å². The Labute approximate surface area is 121 Å². The fourth-order valence-corrected chi connectivity index (χ4v) is 2.38. The highest BCUT2D eigenvalue weighted by molar-refractivity contribution is 6.31. The first-order valence-corrected chi connectivity index (χ1v) is 7.36. The third-order valence-corrected chi connectivity index (χ3v) is 3.97. The van der Waals surface area contributed by atoms with Crippen molar-refractivity contribution in [3.63, 3.8) is 0 Å². The highest BCUT2D eigenvalue weighted by Gasteiger charge is 2.22. The number of hydrogen-bond acceptors (Lipinski definition) is 3. The summed E-state index contributed by atoms with van der Waals surface area (Å²) in [5, 5.41) is 5.26. The third kappa shape index (κ3) is 4.20. The van der Waals surface area contributed by atoms with Gasteiger partial charge in [-0.25, -0.2) is 0 Å². The first-order chi connectivity index (χ1) is 8.84. The van der Waals surface area contributed by atoms with E-state index in [1.165, 1.54) is 0 Å². The molecule has 0 saturated carbocycles. The Morgan fingerprint density at radius 1 is 1.37 bits per heavy atom. The maximum atomic E-state index is 6.36. The number of nitrogens with zero attached hydrogens (tertiary/aromatic N) is 3. The summed E-state index contributed by atoms with van der Waals surface area (Å²) in [4.78, 5) is 2.38. The van der Waals surface area contributed by atoms with Crippen LogP contribution in [0.3, 0.4) is 0 Å². The molecule has 1 aromatic heterocycles. The molecule has 2 N–H and O–H groups in total. The van der Waals surface area contributed by atoms with Gasteiger partial charge in [0.05, 0.1) is 16.4 Å². The SMILES string of the molecule is CCN(Cc1c(Cl)c(C)nn1CC)CC(C)(C)CN. The van der Waals surface area contributed by atoms with Crippen molar-refractivity contribution in [3.8, 4) is 0 Å². The minimum absolute atomic E-state index is 0.120. The largest absolute Gasteiger partial charge is 0.330 e. The number of halogens is 1. The van der Waals surface area contributed by atoms with Crippen LogP contribution in [0.4, 0.5) is 0 Å². The first-order valence-electron chi connectivity index (χ1n) is 6.98. The smallest absolute Gasteiger partial charge is 0.0860 e. The van der Waals surface area contributed by atoms with Gasteiger partial charge in [0.1, 0.15) is 0 Å². The molecule has 0 fully saturated rings. The van der Waals surface area contributed by atoms with Crippen LogP contribution in [0.1, 0.15) is 39.1 Å². The lowest BCUT2D eigenvalue weighted by atomic mass is 9.93. The molecule has 0 aliphatic rings. The first kappa shape index (κ1) is 16.5. The average molecular weight is 287 g/mol. The molecule has 1 heterocycles. The van der Waals surface area contributed by atoms with E-state index in [1.54, 1.807) is 0 Å². The van der Waals surface area contributed by atoms with Gasteiger partial charge >= 0.3 is 0 Å². The fourth-order valence-electron chi connectivity index (χ4n) is 2.18. The highest BCUT2D eigenvalue weighted by Crippen LogP contribution is 2.23. The molecule has 0 amide bonds. The van der Waals surface area contributed by atoms with E-state index in [9.17, 15) is 0 Å². The number of aryl methyl sites for hydroxylation is 2. The lowest BCUT2D eigenvalue weighted by molar-refractivity contribution is 0.179. The summed E-state index contributed by atoms with van der Waals surface area (Å²) in [6.45, 7) is 14.9. The molecule has 4 nitrogen and oxygen atoms in total. The summed E-state index contributed by atoms with van der Waals surface area (Å²) in [5.41, 5.74) is 7.96. The topological polar surface area (TPSA) is 47.1 Å². The van der Waals surface area contributed by atoms with E-state index in [4.69, 9.17) is 17.3 Å². The maximum Gasteiger partial charge on any atom is 0.0860 e. The van der Waals surface area contributed by atoms with Crippen molar-refractivity contribution in [2.75, 3.05) is 19.6 Å². The predicted octanol–water partition coefficient (Wildman–Crippen LogP) is 2.67. The van der Waals surface area contributed by atoms with Crippen LogP contribution in [0.15, 0.2) is 0 Å². The summed E-state index contributed by atoms with van der Waals surface area (Å²) in [5.74, 6) is 0. The van der Waals surface area contributed by atoms with E-state index < -0.39 is 0 Å². The van der Waals surface area contributed by atoms with Gasteiger partial charge in [0.2, 0.25) is 0 Å². The summed E-state index contributed by atoms with van der Waals surface area (Å²) < 4.78 is 2.00. The predicted molar refractivity (Wildman–Crippen MR) is 81.4 cm³/mol. The van der Waals surface area contributed by atoms with Crippen molar-refractivity contribution in [1.29, 1.82) is 0 Å². The van der Waals surface area contributed by atoms with Crippen molar-refractivity contribution in [2.45, 2.75) is 47.7 Å². The van der Waals surface area contributed by atoms with Crippen molar-refractivity contribution in [3.05, 3.63) is 16.4 Å². The minimum Gasteiger partial charge on any atom is -0.330 e. The Morgan fingerprint density at radius 3 is 2.47 bits per heavy atom. The summed E-state index contributed by atoms with van der Waals surface area (Å²) >= 11 is 6.36. The molecule has 0 saturated heterocycles. The molecular weight excluding hydrogens is 260 g/mol. The van der Waals surface area contributed by atoms with E-state index in [1.807, 2.05) is 11.6 Å². The van der Waals surface area contributed by atoms with Crippen LogP contribution in [0, 0.1) is 12.3 Å². The molecule has 0 spiro atoms. The quantitative estimate of drug-likeness (QED) is 0.838. The molecule has 0 unspecified atom stereocenters. The zero-order valence-electron chi connectivity index (χ0n) is 12.8. The number of hydrogen-bond donors (Lipinski definition) is 1. The number of rotatable bonds is 7. The van der Waals surface area contributed by atoms with E-state index in [0.29, 0.717) is 6.54 Å².